The Morgan fingerprint density at radius 1 is 0.955 bits per heavy atom. The summed E-state index contributed by atoms with van der Waals surface area (Å²) in [6, 6.07) is 1.14. The Balaban J connectivity index is 1.54. The molecule has 2 saturated carbocycles. The van der Waals surface area contributed by atoms with Crippen LogP contribution in [0.2, 0.25) is 0 Å². The number of hydrogen-bond donors (Lipinski definition) is 2. The van der Waals surface area contributed by atoms with Crippen molar-refractivity contribution >= 4 is 0 Å². The maximum absolute atomic E-state index is 10.2. The molecular weight excluding hydrogens is 272 g/mol. The number of nitrogens with zero attached hydrogens (tertiary/aromatic N) is 1. The molecular formula is C19H34N2O. The maximum Gasteiger partial charge on any atom is 0.0696 e. The van der Waals surface area contributed by atoms with Crippen molar-refractivity contribution in [2.45, 2.75) is 69.6 Å². The number of aliphatic hydroxyl groups excluding tert-OH is 1. The zero-order valence-corrected chi connectivity index (χ0v) is 14.4. The first-order chi connectivity index (χ1) is 10.6. The van der Waals surface area contributed by atoms with Crippen molar-refractivity contribution in [3.8, 4) is 0 Å². The molecule has 0 amide bonds. The highest BCUT2D eigenvalue weighted by Gasteiger charge is 2.38. The normalized spacial score (nSPS) is 43.5. The second-order valence-corrected chi connectivity index (χ2v) is 8.01. The van der Waals surface area contributed by atoms with Crippen molar-refractivity contribution in [1.82, 2.24) is 10.2 Å². The Labute approximate surface area is 136 Å². The summed E-state index contributed by atoms with van der Waals surface area (Å²) in [4.78, 5) is 2.39. The Morgan fingerprint density at radius 3 is 2.45 bits per heavy atom. The van der Waals surface area contributed by atoms with Gasteiger partial charge in [0.25, 0.3) is 0 Å². The first-order valence-corrected chi connectivity index (χ1v) is 9.41. The highest BCUT2D eigenvalue weighted by molar-refractivity contribution is 5.03. The van der Waals surface area contributed by atoms with Gasteiger partial charge in [-0.3, -0.25) is 0 Å². The summed E-state index contributed by atoms with van der Waals surface area (Å²) in [5, 5.41) is 13.8. The van der Waals surface area contributed by atoms with Gasteiger partial charge < -0.3 is 15.3 Å². The van der Waals surface area contributed by atoms with Gasteiger partial charge in [0.1, 0.15) is 0 Å². The molecule has 3 heteroatoms. The topological polar surface area (TPSA) is 35.5 Å². The Morgan fingerprint density at radius 2 is 1.73 bits per heavy atom. The molecule has 3 nitrogen and oxygen atoms in total. The van der Waals surface area contributed by atoms with E-state index < -0.39 is 0 Å². The molecule has 1 saturated heterocycles. The molecule has 3 aliphatic rings. The summed E-state index contributed by atoms with van der Waals surface area (Å²) < 4.78 is 0. The monoisotopic (exact) mass is 306 g/mol. The largest absolute Gasteiger partial charge is 0.391 e. The predicted molar refractivity (Wildman–Crippen MR) is 91.8 cm³/mol. The first kappa shape index (κ1) is 16.5. The molecule has 0 bridgehead atoms. The first-order valence-electron chi connectivity index (χ1n) is 9.41. The van der Waals surface area contributed by atoms with Crippen LogP contribution in [0.5, 0.6) is 0 Å². The predicted octanol–water partition coefficient (Wildman–Crippen LogP) is 2.80. The van der Waals surface area contributed by atoms with Crippen molar-refractivity contribution in [3.05, 3.63) is 12.2 Å². The number of rotatable bonds is 3. The summed E-state index contributed by atoms with van der Waals surface area (Å²) in [6.07, 6.45) is 15.0. The fourth-order valence-electron chi connectivity index (χ4n) is 4.95. The van der Waals surface area contributed by atoms with Crippen LogP contribution in [0.1, 0.15) is 51.4 Å². The van der Waals surface area contributed by atoms with Crippen molar-refractivity contribution in [2.24, 2.45) is 17.8 Å². The van der Waals surface area contributed by atoms with Gasteiger partial charge in [-0.1, -0.05) is 18.6 Å². The number of nitrogens with one attached hydrogen (secondary N) is 1. The van der Waals surface area contributed by atoms with E-state index in [0.717, 1.165) is 24.9 Å². The molecule has 2 N–H and O–H groups in total. The van der Waals surface area contributed by atoms with E-state index in [1.165, 1.54) is 44.9 Å². The third-order valence-electron chi connectivity index (χ3n) is 6.42. The molecule has 1 heterocycles. The average molecular weight is 306 g/mol. The zero-order valence-electron chi connectivity index (χ0n) is 14.4. The number of piperidine rings is 1. The summed E-state index contributed by atoms with van der Waals surface area (Å²) >= 11 is 0. The highest BCUT2D eigenvalue weighted by Crippen LogP contribution is 2.36. The summed E-state index contributed by atoms with van der Waals surface area (Å²) in [5.41, 5.74) is 0. The van der Waals surface area contributed by atoms with Crippen molar-refractivity contribution in [2.75, 3.05) is 20.6 Å². The third-order valence-corrected chi connectivity index (χ3v) is 6.42. The standard InChI is InChI=1S/C19H34N2O/c1-21(2)16-10-7-14(8-11-16)6-9-15-12-13-20-19-17(15)4-3-5-18(19)22/h6,9,14-20,22H,3-5,7-8,10-13H2,1-2H3/b9-6+. The second kappa shape index (κ2) is 7.46. The van der Waals surface area contributed by atoms with Crippen LogP contribution >= 0.6 is 0 Å². The molecule has 126 valence electrons. The van der Waals surface area contributed by atoms with E-state index in [1.54, 1.807) is 0 Å². The molecule has 4 atom stereocenters. The van der Waals surface area contributed by atoms with E-state index in [1.807, 2.05) is 0 Å². The van der Waals surface area contributed by atoms with E-state index in [9.17, 15) is 5.11 Å². The minimum atomic E-state index is -0.120. The smallest absolute Gasteiger partial charge is 0.0696 e. The minimum absolute atomic E-state index is 0.120. The SMILES string of the molecule is CN(C)C1CCC(/C=C/C2CCNC3C(O)CCCC23)CC1. The van der Waals surface area contributed by atoms with Gasteiger partial charge in [0.2, 0.25) is 0 Å². The number of fused-ring (bicyclic) bond motifs is 1. The summed E-state index contributed by atoms with van der Waals surface area (Å²) in [7, 11) is 4.43. The average Bonchev–Trinajstić information content (AvgIpc) is 2.54. The van der Waals surface area contributed by atoms with E-state index in [2.05, 4.69) is 36.5 Å². The fraction of sp³-hybridized carbons (Fsp3) is 0.895. The highest BCUT2D eigenvalue weighted by atomic mass is 16.3. The van der Waals surface area contributed by atoms with Crippen LogP contribution in [-0.4, -0.2) is 48.8 Å². The molecule has 4 unspecified atom stereocenters. The lowest BCUT2D eigenvalue weighted by molar-refractivity contribution is 0.0270. The molecule has 0 aromatic rings. The fourth-order valence-corrected chi connectivity index (χ4v) is 4.95. The van der Waals surface area contributed by atoms with Crippen LogP contribution in [0.3, 0.4) is 0 Å². The van der Waals surface area contributed by atoms with Crippen LogP contribution in [-0.2, 0) is 0 Å². The lowest BCUT2D eigenvalue weighted by Gasteiger charge is -2.43. The van der Waals surface area contributed by atoms with Crippen molar-refractivity contribution < 1.29 is 5.11 Å². The summed E-state index contributed by atoms with van der Waals surface area (Å²) in [5.74, 6) is 2.14. The van der Waals surface area contributed by atoms with E-state index in [0.29, 0.717) is 17.9 Å². The van der Waals surface area contributed by atoms with E-state index >= 15 is 0 Å². The zero-order chi connectivity index (χ0) is 15.5. The van der Waals surface area contributed by atoms with Crippen LogP contribution in [0.4, 0.5) is 0 Å². The van der Waals surface area contributed by atoms with Crippen LogP contribution in [0.15, 0.2) is 12.2 Å². The van der Waals surface area contributed by atoms with Crippen molar-refractivity contribution in [3.63, 3.8) is 0 Å². The molecule has 0 aromatic heterocycles. The molecule has 2 aliphatic carbocycles. The minimum Gasteiger partial charge on any atom is -0.391 e. The van der Waals surface area contributed by atoms with Gasteiger partial charge in [0.05, 0.1) is 6.10 Å². The molecule has 3 fully saturated rings. The quantitative estimate of drug-likeness (QED) is 0.787. The van der Waals surface area contributed by atoms with Crippen LogP contribution in [0, 0.1) is 17.8 Å². The van der Waals surface area contributed by atoms with E-state index in [4.69, 9.17) is 0 Å². The van der Waals surface area contributed by atoms with Gasteiger partial charge in [-0.2, -0.15) is 0 Å². The lowest BCUT2D eigenvalue weighted by atomic mass is 9.71. The number of hydrogen-bond acceptors (Lipinski definition) is 3. The Kier molecular flexibility index (Phi) is 5.59. The molecule has 0 radical (unpaired) electrons. The molecule has 22 heavy (non-hydrogen) atoms. The maximum atomic E-state index is 10.2. The van der Waals surface area contributed by atoms with Gasteiger partial charge in [-0.15, -0.1) is 0 Å². The number of aliphatic hydroxyl groups is 1. The molecule has 1 aliphatic heterocycles. The van der Waals surface area contributed by atoms with Gasteiger partial charge in [0, 0.05) is 12.1 Å². The van der Waals surface area contributed by atoms with Gasteiger partial charge in [-0.05, 0) is 83.3 Å². The van der Waals surface area contributed by atoms with Gasteiger partial charge in [0.15, 0.2) is 0 Å². The molecule has 3 rings (SSSR count). The van der Waals surface area contributed by atoms with Crippen LogP contribution < -0.4 is 5.32 Å². The molecule has 0 aromatic carbocycles. The Bertz CT molecular complexity index is 374. The lowest BCUT2D eigenvalue weighted by Crippen LogP contribution is -2.54. The Hall–Kier alpha value is -0.380. The second-order valence-electron chi connectivity index (χ2n) is 8.01. The van der Waals surface area contributed by atoms with Gasteiger partial charge in [-0.25, -0.2) is 0 Å². The third kappa shape index (κ3) is 3.74. The van der Waals surface area contributed by atoms with Crippen molar-refractivity contribution in [1.29, 1.82) is 0 Å². The van der Waals surface area contributed by atoms with Crippen LogP contribution in [0.25, 0.3) is 0 Å². The molecule has 0 spiro atoms. The number of allylic oxidation sites excluding steroid dienone is 2. The summed E-state index contributed by atoms with van der Waals surface area (Å²) in [6.45, 7) is 1.07. The van der Waals surface area contributed by atoms with Gasteiger partial charge >= 0.3 is 0 Å². The van der Waals surface area contributed by atoms with E-state index in [-0.39, 0.29) is 6.10 Å².